The lowest BCUT2D eigenvalue weighted by Crippen LogP contribution is -2.54. The van der Waals surface area contributed by atoms with Gasteiger partial charge in [-0.15, -0.1) is 0 Å². The molecular formula is C34H34N2O11. The summed E-state index contributed by atoms with van der Waals surface area (Å²) in [4.78, 5) is 50.6. The number of hydrogen-bond donors (Lipinski definition) is 5. The van der Waals surface area contributed by atoms with Gasteiger partial charge >= 0.3 is 0 Å². The molecule has 6 atom stereocenters. The summed E-state index contributed by atoms with van der Waals surface area (Å²) in [5, 5.41) is 59.7. The summed E-state index contributed by atoms with van der Waals surface area (Å²) >= 11 is 0. The number of phenols is 2. The number of benzene rings is 3. The Morgan fingerprint density at radius 1 is 1.09 bits per heavy atom. The van der Waals surface area contributed by atoms with E-state index in [2.05, 4.69) is 5.32 Å². The number of nitro groups is 1. The number of rotatable bonds is 7. The molecule has 0 saturated carbocycles. The van der Waals surface area contributed by atoms with Crippen molar-refractivity contribution in [2.75, 3.05) is 0 Å². The fourth-order valence-corrected chi connectivity index (χ4v) is 6.85. The fourth-order valence-electron chi connectivity index (χ4n) is 6.85. The SMILES string of the molecule is CC(=O)[C@]1(O)Cc2c(O)c3c(c(O)c2[C@@H](OC2CC(NCc4ccc([N+](=O)[O-])cc4)C(O)C(C)O2)C1)C(=O)c1c(C)cccc1C3=O. The number of Topliss-reactive ketones (excluding diaryl/α,β-unsaturated/α-hetero) is 1. The first-order valence-corrected chi connectivity index (χ1v) is 15.2. The molecule has 1 saturated heterocycles. The van der Waals surface area contributed by atoms with Crippen LogP contribution in [0.25, 0.3) is 0 Å². The number of nitrogens with one attached hydrogen (secondary N) is 1. The number of aryl methyl sites for hydroxylation is 1. The normalized spacial score (nSPS) is 26.7. The Balaban J connectivity index is 1.34. The molecule has 5 N–H and O–H groups in total. The van der Waals surface area contributed by atoms with Gasteiger partial charge in [-0.2, -0.15) is 0 Å². The molecule has 1 fully saturated rings. The largest absolute Gasteiger partial charge is 0.507 e. The summed E-state index contributed by atoms with van der Waals surface area (Å²) in [6, 6.07) is 10.1. The number of aliphatic hydroxyl groups excluding tert-OH is 1. The first-order valence-electron chi connectivity index (χ1n) is 15.2. The van der Waals surface area contributed by atoms with E-state index in [1.165, 1.54) is 25.1 Å². The van der Waals surface area contributed by atoms with E-state index in [4.69, 9.17) is 9.47 Å². The molecule has 0 spiro atoms. The molecule has 3 aliphatic rings. The highest BCUT2D eigenvalue weighted by molar-refractivity contribution is 6.31. The lowest BCUT2D eigenvalue weighted by Gasteiger charge is -2.43. The van der Waals surface area contributed by atoms with E-state index in [-0.39, 0.29) is 52.9 Å². The number of hydrogen-bond acceptors (Lipinski definition) is 12. The van der Waals surface area contributed by atoms with Gasteiger partial charge in [-0.3, -0.25) is 24.5 Å². The van der Waals surface area contributed by atoms with Crippen molar-refractivity contribution in [2.24, 2.45) is 0 Å². The molecule has 1 heterocycles. The fraction of sp³-hybridized carbons (Fsp3) is 0.382. The first kappa shape index (κ1) is 32.4. The number of fused-ring (bicyclic) bond motifs is 3. The third-order valence-corrected chi connectivity index (χ3v) is 9.50. The minimum atomic E-state index is -2.04. The van der Waals surface area contributed by atoms with Gasteiger partial charge in [-0.05, 0) is 31.9 Å². The van der Waals surface area contributed by atoms with Crippen molar-refractivity contribution in [3.8, 4) is 11.5 Å². The van der Waals surface area contributed by atoms with E-state index in [0.29, 0.717) is 5.56 Å². The van der Waals surface area contributed by atoms with Crippen molar-refractivity contribution in [1.82, 2.24) is 5.32 Å². The van der Waals surface area contributed by atoms with E-state index in [9.17, 15) is 44.9 Å². The summed E-state index contributed by atoms with van der Waals surface area (Å²) in [5.41, 5.74) is -1.60. The zero-order chi connectivity index (χ0) is 33.9. The molecule has 0 amide bonds. The predicted molar refractivity (Wildman–Crippen MR) is 164 cm³/mol. The molecule has 3 aromatic carbocycles. The van der Waals surface area contributed by atoms with Crippen molar-refractivity contribution in [3.05, 3.63) is 97.1 Å². The average molecular weight is 647 g/mol. The van der Waals surface area contributed by atoms with E-state index in [1.54, 1.807) is 38.1 Å². The van der Waals surface area contributed by atoms with Gasteiger partial charge in [0.25, 0.3) is 5.69 Å². The lowest BCUT2D eigenvalue weighted by molar-refractivity contribution is -0.384. The second-order valence-corrected chi connectivity index (χ2v) is 12.5. The van der Waals surface area contributed by atoms with Crippen LogP contribution in [0.1, 0.15) is 86.9 Å². The predicted octanol–water partition coefficient (Wildman–Crippen LogP) is 3.07. The molecule has 2 aliphatic carbocycles. The molecule has 246 valence electrons. The van der Waals surface area contributed by atoms with Crippen LogP contribution in [0.4, 0.5) is 5.69 Å². The van der Waals surface area contributed by atoms with Crippen LogP contribution < -0.4 is 5.32 Å². The number of ketones is 3. The molecule has 0 aromatic heterocycles. The van der Waals surface area contributed by atoms with E-state index in [0.717, 1.165) is 5.56 Å². The van der Waals surface area contributed by atoms with Crippen LogP contribution in [0.5, 0.6) is 11.5 Å². The summed E-state index contributed by atoms with van der Waals surface area (Å²) < 4.78 is 12.2. The molecule has 1 aliphatic heterocycles. The summed E-state index contributed by atoms with van der Waals surface area (Å²) in [6.45, 7) is 4.72. The van der Waals surface area contributed by atoms with Crippen molar-refractivity contribution in [3.63, 3.8) is 0 Å². The zero-order valence-corrected chi connectivity index (χ0v) is 25.9. The monoisotopic (exact) mass is 646 g/mol. The van der Waals surface area contributed by atoms with Crippen LogP contribution >= 0.6 is 0 Å². The Morgan fingerprint density at radius 2 is 1.77 bits per heavy atom. The Morgan fingerprint density at radius 3 is 2.43 bits per heavy atom. The minimum absolute atomic E-state index is 0.0388. The molecule has 13 nitrogen and oxygen atoms in total. The zero-order valence-electron chi connectivity index (χ0n) is 25.9. The number of nitro benzene ring substituents is 1. The quantitative estimate of drug-likeness (QED) is 0.112. The molecule has 6 rings (SSSR count). The highest BCUT2D eigenvalue weighted by atomic mass is 16.7. The van der Waals surface area contributed by atoms with Crippen molar-refractivity contribution in [2.45, 2.75) is 82.8 Å². The highest BCUT2D eigenvalue weighted by Gasteiger charge is 2.49. The van der Waals surface area contributed by atoms with Gasteiger partial charge in [0.15, 0.2) is 23.6 Å². The van der Waals surface area contributed by atoms with Gasteiger partial charge in [0.05, 0.1) is 34.4 Å². The second-order valence-electron chi connectivity index (χ2n) is 12.5. The minimum Gasteiger partial charge on any atom is -0.507 e. The number of carbonyl (C=O) groups is 3. The third kappa shape index (κ3) is 5.49. The topological polar surface area (TPSA) is 206 Å². The maximum Gasteiger partial charge on any atom is 0.269 e. The standard InChI is InChI=1S/C34H34N2O11/c1-15-5-4-6-20-25(15)32(41)28-27(30(20)39)31(40)21-12-34(43,17(3)37)13-23(26(21)33(28)42)47-24-11-22(29(38)16(2)46-24)35-14-18-7-9-19(10-8-18)36(44)45/h4-10,16,22-24,29,35,38,40,42-43H,11-14H2,1-3H3/t16?,22?,23-,24?,29?,34-/m0/s1. The van der Waals surface area contributed by atoms with Crippen LogP contribution in [0.2, 0.25) is 0 Å². The van der Waals surface area contributed by atoms with Gasteiger partial charge in [0, 0.05) is 66.2 Å². The van der Waals surface area contributed by atoms with Crippen LogP contribution in [-0.2, 0) is 27.2 Å². The number of nitrogens with zero attached hydrogens (tertiary/aromatic N) is 1. The summed E-state index contributed by atoms with van der Waals surface area (Å²) in [6.07, 6.45) is -4.76. The number of carbonyl (C=O) groups excluding carboxylic acids is 3. The number of aromatic hydroxyl groups is 2. The maximum atomic E-state index is 13.8. The third-order valence-electron chi connectivity index (χ3n) is 9.50. The highest BCUT2D eigenvalue weighted by Crippen LogP contribution is 2.52. The Hall–Kier alpha value is -4.53. The van der Waals surface area contributed by atoms with Crippen molar-refractivity contribution >= 4 is 23.0 Å². The van der Waals surface area contributed by atoms with Crippen LogP contribution in [0, 0.1) is 17.0 Å². The summed E-state index contributed by atoms with van der Waals surface area (Å²) in [5.74, 6) is -3.18. The van der Waals surface area contributed by atoms with Crippen LogP contribution in [0.15, 0.2) is 42.5 Å². The van der Waals surface area contributed by atoms with Gasteiger partial charge in [-0.1, -0.05) is 30.3 Å². The molecular weight excluding hydrogens is 612 g/mol. The van der Waals surface area contributed by atoms with Gasteiger partial charge < -0.3 is 35.2 Å². The number of phenolic OH excluding ortho intramolecular Hbond substituents is 2. The van der Waals surface area contributed by atoms with E-state index < -0.39 is 82.0 Å². The first-order chi connectivity index (χ1) is 22.2. The number of non-ortho nitro benzene ring substituents is 1. The molecule has 0 radical (unpaired) electrons. The molecule has 4 unspecified atom stereocenters. The van der Waals surface area contributed by atoms with Crippen molar-refractivity contribution < 1.29 is 49.2 Å². The Kier molecular flexibility index (Phi) is 8.22. The average Bonchev–Trinajstić information content (AvgIpc) is 3.02. The van der Waals surface area contributed by atoms with Crippen LogP contribution in [0.3, 0.4) is 0 Å². The van der Waals surface area contributed by atoms with E-state index in [1.807, 2.05) is 0 Å². The molecule has 13 heteroatoms. The number of ether oxygens (including phenoxy) is 2. The lowest BCUT2D eigenvalue weighted by atomic mass is 9.71. The Labute approximate surface area is 268 Å². The second kappa shape index (κ2) is 11.9. The van der Waals surface area contributed by atoms with Gasteiger partial charge in [-0.25, -0.2) is 0 Å². The van der Waals surface area contributed by atoms with E-state index >= 15 is 0 Å². The van der Waals surface area contributed by atoms with Gasteiger partial charge in [0.2, 0.25) is 0 Å². The smallest absolute Gasteiger partial charge is 0.269 e. The molecule has 3 aromatic rings. The van der Waals surface area contributed by atoms with Gasteiger partial charge in [0.1, 0.15) is 17.1 Å². The Bertz CT molecular complexity index is 1820. The maximum absolute atomic E-state index is 13.8. The van der Waals surface area contributed by atoms with Crippen molar-refractivity contribution in [1.29, 1.82) is 0 Å². The number of aliphatic hydroxyl groups is 2. The van der Waals surface area contributed by atoms with Crippen LogP contribution in [-0.4, -0.2) is 72.8 Å². The summed E-state index contributed by atoms with van der Waals surface area (Å²) in [7, 11) is 0. The molecule has 47 heavy (non-hydrogen) atoms. The molecule has 0 bridgehead atoms.